The smallest absolute Gasteiger partial charge is 0.258 e. The molecule has 1 heterocycles. The van der Waals surface area contributed by atoms with E-state index >= 15 is 0 Å². The first-order valence-electron chi connectivity index (χ1n) is 8.52. The average molecular weight is 390 g/mol. The molecule has 3 rings (SSSR count). The fraction of sp³-hybridized carbons (Fsp3) is 0.316. The summed E-state index contributed by atoms with van der Waals surface area (Å²) in [4.78, 5) is 12.4. The van der Waals surface area contributed by atoms with E-state index in [4.69, 9.17) is 9.47 Å². The molecule has 0 bridgehead atoms. The van der Waals surface area contributed by atoms with Crippen LogP contribution in [0.5, 0.6) is 11.5 Å². The van der Waals surface area contributed by atoms with Gasteiger partial charge in [-0.2, -0.15) is 0 Å². The summed E-state index contributed by atoms with van der Waals surface area (Å²) in [6.45, 7) is 0.156. The van der Waals surface area contributed by atoms with Gasteiger partial charge in [0.25, 0.3) is 5.91 Å². The molecule has 1 N–H and O–H groups in total. The van der Waals surface area contributed by atoms with Crippen molar-refractivity contribution in [3.8, 4) is 11.5 Å². The Balaban J connectivity index is 1.69. The Kier molecular flexibility index (Phi) is 5.55. The van der Waals surface area contributed by atoms with Gasteiger partial charge in [-0.25, -0.2) is 8.42 Å². The Bertz CT molecular complexity index is 929. The van der Waals surface area contributed by atoms with Crippen LogP contribution in [0.4, 0.5) is 5.69 Å². The lowest BCUT2D eigenvalue weighted by molar-refractivity contribution is -0.123. The molecule has 0 aliphatic carbocycles. The fourth-order valence-corrected chi connectivity index (χ4v) is 4.10. The summed E-state index contributed by atoms with van der Waals surface area (Å²) >= 11 is 0. The van der Waals surface area contributed by atoms with E-state index in [1.807, 2.05) is 18.2 Å². The van der Waals surface area contributed by atoms with Crippen LogP contribution in [-0.2, 0) is 14.8 Å². The Morgan fingerprint density at radius 3 is 2.52 bits per heavy atom. The molecule has 8 heteroatoms. The van der Waals surface area contributed by atoms with Crippen molar-refractivity contribution >= 4 is 21.6 Å². The zero-order chi connectivity index (χ0) is 19.4. The third-order valence-electron chi connectivity index (χ3n) is 4.37. The van der Waals surface area contributed by atoms with Crippen molar-refractivity contribution in [3.63, 3.8) is 0 Å². The first-order valence-corrected chi connectivity index (χ1v) is 10.4. The fourth-order valence-electron chi connectivity index (χ4n) is 3.14. The minimum atomic E-state index is -3.36. The second-order valence-electron chi connectivity index (χ2n) is 6.24. The molecule has 1 aliphatic heterocycles. The van der Waals surface area contributed by atoms with Crippen LogP contribution in [0, 0.1) is 0 Å². The van der Waals surface area contributed by atoms with Crippen LogP contribution in [0.15, 0.2) is 48.5 Å². The van der Waals surface area contributed by atoms with Crippen LogP contribution in [0.25, 0.3) is 0 Å². The lowest BCUT2D eigenvalue weighted by atomic mass is 9.98. The molecule has 1 amide bonds. The molecule has 1 atom stereocenters. The van der Waals surface area contributed by atoms with Crippen molar-refractivity contribution < 1.29 is 22.7 Å². The summed E-state index contributed by atoms with van der Waals surface area (Å²) in [6.07, 6.45) is 1.67. The monoisotopic (exact) mass is 390 g/mol. The van der Waals surface area contributed by atoms with E-state index < -0.39 is 10.0 Å². The highest BCUT2D eigenvalue weighted by Crippen LogP contribution is 2.35. The molecule has 0 radical (unpaired) electrons. The van der Waals surface area contributed by atoms with Gasteiger partial charge >= 0.3 is 0 Å². The van der Waals surface area contributed by atoms with Crippen molar-refractivity contribution in [1.29, 1.82) is 0 Å². The molecule has 0 aromatic heterocycles. The molecule has 27 heavy (non-hydrogen) atoms. The molecule has 0 saturated heterocycles. The van der Waals surface area contributed by atoms with E-state index in [2.05, 4.69) is 5.32 Å². The van der Waals surface area contributed by atoms with Gasteiger partial charge in [-0.1, -0.05) is 30.3 Å². The summed E-state index contributed by atoms with van der Waals surface area (Å²) in [5.74, 6) is 0.757. The number of anilines is 1. The first-order chi connectivity index (χ1) is 12.9. The van der Waals surface area contributed by atoms with Crippen LogP contribution in [0.1, 0.15) is 18.0 Å². The van der Waals surface area contributed by atoms with Gasteiger partial charge in [0.05, 0.1) is 25.1 Å². The standard InChI is InChI=1S/C19H22N2O5S/c1-25-17-9-5-6-10-18(17)26-13-19(22)20-15-11-12-21(27(2,23)24)16-8-4-3-7-14(15)16/h3-10,15H,11-13H2,1-2H3,(H,20,22). The molecule has 2 aromatic rings. The van der Waals surface area contributed by atoms with E-state index in [9.17, 15) is 13.2 Å². The number of carbonyl (C=O) groups is 1. The number of para-hydroxylation sites is 3. The van der Waals surface area contributed by atoms with E-state index in [0.29, 0.717) is 30.2 Å². The number of benzene rings is 2. The largest absolute Gasteiger partial charge is 0.493 e. The van der Waals surface area contributed by atoms with Gasteiger partial charge in [-0.05, 0) is 30.2 Å². The lowest BCUT2D eigenvalue weighted by Gasteiger charge is -2.34. The van der Waals surface area contributed by atoms with Gasteiger partial charge in [-0.15, -0.1) is 0 Å². The third-order valence-corrected chi connectivity index (χ3v) is 5.55. The molecule has 0 fully saturated rings. The third kappa shape index (κ3) is 4.33. The van der Waals surface area contributed by atoms with E-state index in [1.165, 1.54) is 17.7 Å². The van der Waals surface area contributed by atoms with Crippen molar-refractivity contribution in [1.82, 2.24) is 5.32 Å². The van der Waals surface area contributed by atoms with Crippen molar-refractivity contribution in [2.24, 2.45) is 0 Å². The SMILES string of the molecule is COc1ccccc1OCC(=O)NC1CCN(S(C)(=O)=O)c2ccccc21. The highest BCUT2D eigenvalue weighted by Gasteiger charge is 2.30. The Morgan fingerprint density at radius 2 is 1.81 bits per heavy atom. The van der Waals surface area contributed by atoms with Crippen LogP contribution < -0.4 is 19.1 Å². The minimum absolute atomic E-state index is 0.158. The zero-order valence-corrected chi connectivity index (χ0v) is 16.0. The molecular weight excluding hydrogens is 368 g/mol. The molecule has 0 spiro atoms. The number of methoxy groups -OCH3 is 1. The van der Waals surface area contributed by atoms with Crippen LogP contribution >= 0.6 is 0 Å². The van der Waals surface area contributed by atoms with Crippen LogP contribution in [0.3, 0.4) is 0 Å². The predicted octanol–water partition coefficient (Wildman–Crippen LogP) is 2.10. The summed E-state index contributed by atoms with van der Waals surface area (Å²) < 4.78 is 36.1. The number of hydrogen-bond donors (Lipinski definition) is 1. The number of hydrogen-bond acceptors (Lipinski definition) is 5. The molecule has 0 saturated carbocycles. The zero-order valence-electron chi connectivity index (χ0n) is 15.2. The number of ether oxygens (including phenoxy) is 2. The summed E-state index contributed by atoms with van der Waals surface area (Å²) in [5.41, 5.74) is 1.38. The highest BCUT2D eigenvalue weighted by molar-refractivity contribution is 7.92. The number of nitrogens with zero attached hydrogens (tertiary/aromatic N) is 1. The van der Waals surface area contributed by atoms with Crippen molar-refractivity contribution in [3.05, 3.63) is 54.1 Å². The molecule has 144 valence electrons. The minimum Gasteiger partial charge on any atom is -0.493 e. The van der Waals surface area contributed by atoms with Gasteiger partial charge in [-0.3, -0.25) is 9.10 Å². The van der Waals surface area contributed by atoms with E-state index in [1.54, 1.807) is 30.3 Å². The van der Waals surface area contributed by atoms with Crippen molar-refractivity contribution in [2.45, 2.75) is 12.5 Å². The summed E-state index contributed by atoms with van der Waals surface area (Å²) in [7, 11) is -1.83. The Hall–Kier alpha value is -2.74. The maximum atomic E-state index is 12.4. The summed E-state index contributed by atoms with van der Waals surface area (Å²) in [5, 5.41) is 2.93. The number of fused-ring (bicyclic) bond motifs is 1. The average Bonchev–Trinajstić information content (AvgIpc) is 2.66. The Labute approximate surface area is 158 Å². The summed E-state index contributed by atoms with van der Waals surface area (Å²) in [6, 6.07) is 14.0. The molecular formula is C19H22N2O5S. The van der Waals surface area contributed by atoms with E-state index in [-0.39, 0.29) is 18.6 Å². The number of sulfonamides is 1. The van der Waals surface area contributed by atoms with Crippen molar-refractivity contribution in [2.75, 3.05) is 30.8 Å². The first kappa shape index (κ1) is 19.0. The van der Waals surface area contributed by atoms with E-state index in [0.717, 1.165) is 5.56 Å². The topological polar surface area (TPSA) is 84.9 Å². The molecule has 7 nitrogen and oxygen atoms in total. The van der Waals surface area contributed by atoms with Crippen LogP contribution in [-0.4, -0.2) is 40.8 Å². The number of carbonyl (C=O) groups excluding carboxylic acids is 1. The maximum Gasteiger partial charge on any atom is 0.258 e. The van der Waals surface area contributed by atoms with Gasteiger partial charge in [0.1, 0.15) is 0 Å². The maximum absolute atomic E-state index is 12.4. The number of amides is 1. The lowest BCUT2D eigenvalue weighted by Crippen LogP contribution is -2.41. The quantitative estimate of drug-likeness (QED) is 0.817. The highest BCUT2D eigenvalue weighted by atomic mass is 32.2. The second-order valence-corrected chi connectivity index (χ2v) is 8.15. The second kappa shape index (κ2) is 7.87. The normalized spacial score (nSPS) is 16.4. The van der Waals surface area contributed by atoms with Crippen LogP contribution in [0.2, 0.25) is 0 Å². The van der Waals surface area contributed by atoms with Gasteiger partial charge < -0.3 is 14.8 Å². The number of nitrogens with one attached hydrogen (secondary N) is 1. The molecule has 1 unspecified atom stereocenters. The van der Waals surface area contributed by atoms with Gasteiger partial charge in [0, 0.05) is 6.54 Å². The molecule has 2 aromatic carbocycles. The number of rotatable bonds is 6. The predicted molar refractivity (Wildman–Crippen MR) is 103 cm³/mol. The molecule has 1 aliphatic rings. The Morgan fingerprint density at radius 1 is 1.15 bits per heavy atom. The van der Waals surface area contributed by atoms with Gasteiger partial charge in [0.15, 0.2) is 18.1 Å². The van der Waals surface area contributed by atoms with Gasteiger partial charge in [0.2, 0.25) is 10.0 Å².